The van der Waals surface area contributed by atoms with Crippen molar-refractivity contribution < 1.29 is 23.0 Å². The molecule has 3 aromatic rings. The number of phenols is 1. The quantitative estimate of drug-likeness (QED) is 0.658. The van der Waals surface area contributed by atoms with E-state index < -0.39 is 11.7 Å². The Labute approximate surface area is 175 Å². The summed E-state index contributed by atoms with van der Waals surface area (Å²) < 4.78 is 43.3. The van der Waals surface area contributed by atoms with Crippen LogP contribution < -0.4 is 10.3 Å². The first-order valence-corrected chi connectivity index (χ1v) is 9.62. The first kappa shape index (κ1) is 20.9. The van der Waals surface area contributed by atoms with E-state index in [1.807, 2.05) is 6.07 Å². The molecule has 4 rings (SSSR count). The van der Waals surface area contributed by atoms with E-state index in [-0.39, 0.29) is 17.1 Å². The molecule has 31 heavy (non-hydrogen) atoms. The van der Waals surface area contributed by atoms with Gasteiger partial charge in [0.1, 0.15) is 5.82 Å². The summed E-state index contributed by atoms with van der Waals surface area (Å²) in [5, 5.41) is 9.95. The summed E-state index contributed by atoms with van der Waals surface area (Å²) in [5.74, 6) is 0.702. The number of aromatic amines is 1. The number of ether oxygens (including phenoxy) is 1. The Morgan fingerprint density at radius 1 is 1.19 bits per heavy atom. The van der Waals surface area contributed by atoms with E-state index in [1.54, 1.807) is 12.1 Å². The van der Waals surface area contributed by atoms with Crippen LogP contribution in [0.4, 0.5) is 13.2 Å². The summed E-state index contributed by atoms with van der Waals surface area (Å²) in [6.07, 6.45) is -3.88. The maximum absolute atomic E-state index is 12.8. The number of phenolic OH excluding ortho intramolecular Hbond substituents is 1. The van der Waals surface area contributed by atoms with Crippen molar-refractivity contribution in [3.05, 3.63) is 75.2 Å². The molecule has 0 bridgehead atoms. The first-order valence-electron chi connectivity index (χ1n) is 9.62. The van der Waals surface area contributed by atoms with E-state index in [0.717, 1.165) is 17.7 Å². The van der Waals surface area contributed by atoms with Gasteiger partial charge in [-0.15, -0.1) is 0 Å². The minimum Gasteiger partial charge on any atom is -0.504 e. The minimum atomic E-state index is -4.42. The Morgan fingerprint density at radius 2 is 1.94 bits per heavy atom. The number of rotatable bonds is 4. The molecular weight excluding hydrogens is 411 g/mol. The fourth-order valence-corrected chi connectivity index (χ4v) is 3.66. The van der Waals surface area contributed by atoms with Gasteiger partial charge in [0, 0.05) is 31.6 Å². The number of hydrogen-bond acceptors (Lipinski definition) is 5. The second-order valence-electron chi connectivity index (χ2n) is 7.38. The molecule has 0 fully saturated rings. The van der Waals surface area contributed by atoms with Gasteiger partial charge in [-0.1, -0.05) is 18.2 Å². The highest BCUT2D eigenvalue weighted by molar-refractivity contribution is 5.56. The van der Waals surface area contributed by atoms with Gasteiger partial charge in [-0.2, -0.15) is 13.2 Å². The summed E-state index contributed by atoms with van der Waals surface area (Å²) in [6, 6.07) is 9.72. The highest BCUT2D eigenvalue weighted by Crippen LogP contribution is 2.31. The molecule has 0 saturated heterocycles. The van der Waals surface area contributed by atoms with Gasteiger partial charge in [0.2, 0.25) is 0 Å². The van der Waals surface area contributed by atoms with Gasteiger partial charge in [0.05, 0.1) is 23.9 Å². The van der Waals surface area contributed by atoms with Gasteiger partial charge in [0.25, 0.3) is 5.56 Å². The Bertz CT molecular complexity index is 1160. The number of benzene rings is 2. The molecule has 162 valence electrons. The summed E-state index contributed by atoms with van der Waals surface area (Å²) >= 11 is 0. The number of fused-ring (bicyclic) bond motifs is 1. The number of alkyl halides is 3. The zero-order chi connectivity index (χ0) is 22.2. The van der Waals surface area contributed by atoms with Crippen molar-refractivity contribution in [3.8, 4) is 22.9 Å². The van der Waals surface area contributed by atoms with Crippen LogP contribution in [0.25, 0.3) is 11.4 Å². The predicted molar refractivity (Wildman–Crippen MR) is 108 cm³/mol. The number of aromatic hydroxyl groups is 1. The predicted octanol–water partition coefficient (Wildman–Crippen LogP) is 3.73. The van der Waals surface area contributed by atoms with E-state index in [9.17, 15) is 23.1 Å². The Kier molecular flexibility index (Phi) is 5.45. The number of halogens is 3. The van der Waals surface area contributed by atoms with Crippen molar-refractivity contribution in [2.45, 2.75) is 25.7 Å². The fourth-order valence-electron chi connectivity index (χ4n) is 3.66. The second-order valence-corrected chi connectivity index (χ2v) is 7.38. The molecule has 1 aromatic heterocycles. The Balaban J connectivity index is 1.53. The number of hydrogen-bond donors (Lipinski definition) is 2. The summed E-state index contributed by atoms with van der Waals surface area (Å²) in [4.78, 5) is 21.9. The van der Waals surface area contributed by atoms with Crippen LogP contribution in [0.1, 0.15) is 22.4 Å². The summed E-state index contributed by atoms with van der Waals surface area (Å²) in [5.41, 5.74) is 1.43. The molecule has 0 unspecified atom stereocenters. The van der Waals surface area contributed by atoms with Gasteiger partial charge < -0.3 is 14.8 Å². The molecule has 2 aromatic carbocycles. The van der Waals surface area contributed by atoms with E-state index >= 15 is 0 Å². The van der Waals surface area contributed by atoms with Gasteiger partial charge in [-0.05, 0) is 29.8 Å². The van der Waals surface area contributed by atoms with Crippen molar-refractivity contribution in [1.29, 1.82) is 0 Å². The molecule has 0 atom stereocenters. The lowest BCUT2D eigenvalue weighted by molar-refractivity contribution is -0.137. The van der Waals surface area contributed by atoms with Gasteiger partial charge in [-0.3, -0.25) is 9.69 Å². The minimum absolute atomic E-state index is 0.0538. The summed E-state index contributed by atoms with van der Waals surface area (Å²) in [7, 11) is 1.48. The molecule has 9 heteroatoms. The monoisotopic (exact) mass is 431 g/mol. The van der Waals surface area contributed by atoms with Gasteiger partial charge >= 0.3 is 6.18 Å². The molecule has 2 N–H and O–H groups in total. The molecule has 1 aliphatic rings. The van der Waals surface area contributed by atoms with Crippen molar-refractivity contribution >= 4 is 0 Å². The number of nitrogens with zero attached hydrogens (tertiary/aromatic N) is 2. The average Bonchev–Trinajstić information content (AvgIpc) is 2.74. The SMILES string of the molecule is COc1ccc(CN2CCc3nc(-c4ccc(C(F)(F)F)cc4)[nH]c(=O)c3C2)cc1O. The van der Waals surface area contributed by atoms with Crippen LogP contribution in [0.2, 0.25) is 0 Å². The molecule has 0 spiro atoms. The van der Waals surface area contributed by atoms with Crippen LogP contribution in [0.3, 0.4) is 0 Å². The van der Waals surface area contributed by atoms with Crippen LogP contribution in [-0.4, -0.2) is 33.6 Å². The second kappa shape index (κ2) is 8.07. The lowest BCUT2D eigenvalue weighted by atomic mass is 10.0. The lowest BCUT2D eigenvalue weighted by Gasteiger charge is -2.27. The fraction of sp³-hybridized carbons (Fsp3) is 0.273. The highest BCUT2D eigenvalue weighted by Gasteiger charge is 2.30. The maximum atomic E-state index is 12.8. The van der Waals surface area contributed by atoms with Crippen LogP contribution in [-0.2, 0) is 25.7 Å². The summed E-state index contributed by atoms with van der Waals surface area (Å²) in [6.45, 7) is 1.58. The number of methoxy groups -OCH3 is 1. The number of H-pyrrole nitrogens is 1. The molecule has 0 aliphatic carbocycles. The van der Waals surface area contributed by atoms with Crippen molar-refractivity contribution in [2.24, 2.45) is 0 Å². The average molecular weight is 431 g/mol. The number of nitrogens with one attached hydrogen (secondary N) is 1. The van der Waals surface area contributed by atoms with Gasteiger partial charge in [0.15, 0.2) is 11.5 Å². The van der Waals surface area contributed by atoms with Crippen LogP contribution >= 0.6 is 0 Å². The van der Waals surface area contributed by atoms with E-state index in [2.05, 4.69) is 14.9 Å². The molecule has 1 aliphatic heterocycles. The molecule has 0 saturated carbocycles. The number of aromatic nitrogens is 2. The van der Waals surface area contributed by atoms with E-state index in [1.165, 1.54) is 19.2 Å². The third-order valence-corrected chi connectivity index (χ3v) is 5.28. The van der Waals surface area contributed by atoms with Crippen molar-refractivity contribution in [3.63, 3.8) is 0 Å². The topological polar surface area (TPSA) is 78.5 Å². The standard InChI is InChI=1S/C22H20F3N3O3/c1-31-19-7-2-13(10-18(19)29)11-28-9-8-17-16(12-28)21(30)27-20(26-17)14-3-5-15(6-4-14)22(23,24)25/h2-7,10,29H,8-9,11-12H2,1H3,(H,26,27,30). The normalized spacial score (nSPS) is 14.3. The third kappa shape index (κ3) is 4.41. The molecule has 0 amide bonds. The Morgan fingerprint density at radius 3 is 2.58 bits per heavy atom. The van der Waals surface area contributed by atoms with E-state index in [4.69, 9.17) is 4.74 Å². The zero-order valence-electron chi connectivity index (χ0n) is 16.7. The third-order valence-electron chi connectivity index (χ3n) is 5.28. The molecule has 2 heterocycles. The van der Waals surface area contributed by atoms with Crippen molar-refractivity contribution in [2.75, 3.05) is 13.7 Å². The highest BCUT2D eigenvalue weighted by atomic mass is 19.4. The van der Waals surface area contributed by atoms with Gasteiger partial charge in [-0.25, -0.2) is 4.98 Å². The van der Waals surface area contributed by atoms with Crippen LogP contribution in [0, 0.1) is 0 Å². The molecule has 0 radical (unpaired) electrons. The lowest BCUT2D eigenvalue weighted by Crippen LogP contribution is -2.35. The van der Waals surface area contributed by atoms with Crippen molar-refractivity contribution in [1.82, 2.24) is 14.9 Å². The zero-order valence-corrected chi connectivity index (χ0v) is 16.7. The largest absolute Gasteiger partial charge is 0.504 e. The van der Waals surface area contributed by atoms with Crippen LogP contribution in [0.15, 0.2) is 47.3 Å². The maximum Gasteiger partial charge on any atom is 0.416 e. The van der Waals surface area contributed by atoms with E-state index in [0.29, 0.717) is 48.6 Å². The molecular formula is C22H20F3N3O3. The Hall–Kier alpha value is -3.33. The smallest absolute Gasteiger partial charge is 0.416 e. The molecule has 6 nitrogen and oxygen atoms in total. The van der Waals surface area contributed by atoms with Crippen LogP contribution in [0.5, 0.6) is 11.5 Å². The first-order chi connectivity index (χ1) is 14.7.